The third-order valence-electron chi connectivity index (χ3n) is 5.18. The van der Waals surface area contributed by atoms with Gasteiger partial charge in [0.1, 0.15) is 0 Å². The molecule has 1 aromatic carbocycles. The monoisotopic (exact) mass is 331 g/mol. The number of amides is 1. The predicted octanol–water partition coefficient (Wildman–Crippen LogP) is 4.02. The van der Waals surface area contributed by atoms with Crippen molar-refractivity contribution in [1.82, 2.24) is 4.90 Å². The summed E-state index contributed by atoms with van der Waals surface area (Å²) in [5.41, 5.74) is 1.23. The molecule has 2 rings (SSSR count). The van der Waals surface area contributed by atoms with Crippen LogP contribution in [-0.4, -0.2) is 38.3 Å². The Balaban J connectivity index is 2.24. The molecule has 1 aromatic rings. The number of hydrogen-bond donors (Lipinski definition) is 0. The third kappa shape index (κ3) is 4.12. The summed E-state index contributed by atoms with van der Waals surface area (Å²) in [5, 5.41) is 0.151. The van der Waals surface area contributed by atoms with Crippen LogP contribution in [0.2, 0.25) is 18.1 Å². The van der Waals surface area contributed by atoms with Crippen LogP contribution in [0.5, 0.6) is 0 Å². The fourth-order valence-electron chi connectivity index (χ4n) is 2.55. The van der Waals surface area contributed by atoms with Gasteiger partial charge >= 0.3 is 0 Å². The molecule has 2 atom stereocenters. The summed E-state index contributed by atoms with van der Waals surface area (Å²) < 4.78 is 6.60. The first-order chi connectivity index (χ1) is 10.6. The predicted molar refractivity (Wildman–Crippen MR) is 97.9 cm³/mol. The molecular formula is C19H29NO2Si. The minimum absolute atomic E-state index is 0.0428. The van der Waals surface area contributed by atoms with E-state index >= 15 is 0 Å². The maximum atomic E-state index is 12.1. The molecule has 0 spiro atoms. The Labute approximate surface area is 141 Å². The highest BCUT2D eigenvalue weighted by Gasteiger charge is 2.42. The topological polar surface area (TPSA) is 29.5 Å². The summed E-state index contributed by atoms with van der Waals surface area (Å²) in [6.07, 6.45) is 4.38. The molecule has 1 heterocycles. The van der Waals surface area contributed by atoms with E-state index in [9.17, 15) is 4.79 Å². The molecule has 1 amide bonds. The lowest BCUT2D eigenvalue weighted by atomic mass is 9.97. The molecule has 0 bridgehead atoms. The van der Waals surface area contributed by atoms with Gasteiger partial charge in [0.25, 0.3) is 0 Å². The van der Waals surface area contributed by atoms with Crippen LogP contribution >= 0.6 is 0 Å². The zero-order valence-corrected chi connectivity index (χ0v) is 16.2. The summed E-state index contributed by atoms with van der Waals surface area (Å²) in [5.74, 6) is 0.0565. The van der Waals surface area contributed by atoms with Gasteiger partial charge in [-0.1, -0.05) is 51.1 Å². The van der Waals surface area contributed by atoms with Gasteiger partial charge in [-0.3, -0.25) is 4.79 Å². The molecular weight excluding hydrogens is 302 g/mol. The molecule has 0 aromatic heterocycles. The Kier molecular flexibility index (Phi) is 5.16. The van der Waals surface area contributed by atoms with Crippen molar-refractivity contribution in [3.63, 3.8) is 0 Å². The van der Waals surface area contributed by atoms with Gasteiger partial charge in [0.15, 0.2) is 8.32 Å². The van der Waals surface area contributed by atoms with E-state index in [-0.39, 0.29) is 23.1 Å². The van der Waals surface area contributed by atoms with Crippen molar-refractivity contribution in [3.8, 4) is 0 Å². The van der Waals surface area contributed by atoms with Crippen LogP contribution in [0.1, 0.15) is 26.3 Å². The van der Waals surface area contributed by atoms with Crippen molar-refractivity contribution in [2.75, 3.05) is 7.05 Å². The van der Waals surface area contributed by atoms with Gasteiger partial charge in [0, 0.05) is 13.1 Å². The SMILES string of the molecule is CN1C(=O)C=C[C@@H](O[Si](C)(C)C(C)(C)C)[C@@H]1Cc1ccccc1. The Bertz CT molecular complexity index is 575. The van der Waals surface area contributed by atoms with Crippen LogP contribution in [0.3, 0.4) is 0 Å². The molecule has 0 unspecified atom stereocenters. The lowest BCUT2D eigenvalue weighted by molar-refractivity contribution is -0.129. The first kappa shape index (κ1) is 18.0. The minimum Gasteiger partial charge on any atom is -0.408 e. The third-order valence-corrected chi connectivity index (χ3v) is 9.65. The number of likely N-dealkylation sites (N-methyl/N-ethyl adjacent to an activating group) is 1. The summed E-state index contributed by atoms with van der Waals surface area (Å²) >= 11 is 0. The van der Waals surface area contributed by atoms with E-state index in [1.165, 1.54) is 5.56 Å². The standard InChI is InChI=1S/C19H29NO2Si/c1-19(2,3)23(5,6)22-17-12-13-18(21)20(4)16(17)14-15-10-8-7-9-11-15/h7-13,16-17H,14H2,1-6H3/t16-,17+/m0/s1. The first-order valence-corrected chi connectivity index (χ1v) is 11.2. The van der Waals surface area contributed by atoms with Gasteiger partial charge in [-0.25, -0.2) is 0 Å². The van der Waals surface area contributed by atoms with Crippen LogP contribution < -0.4 is 0 Å². The highest BCUT2D eigenvalue weighted by Crippen LogP contribution is 2.38. The van der Waals surface area contributed by atoms with Crippen molar-refractivity contribution in [1.29, 1.82) is 0 Å². The Morgan fingerprint density at radius 3 is 2.35 bits per heavy atom. The number of benzene rings is 1. The second-order valence-corrected chi connectivity index (χ2v) is 12.7. The summed E-state index contributed by atoms with van der Waals surface area (Å²) in [7, 11) is -0.0157. The van der Waals surface area contributed by atoms with Gasteiger partial charge in [-0.15, -0.1) is 0 Å². The molecule has 0 saturated carbocycles. The van der Waals surface area contributed by atoms with Crippen molar-refractivity contribution >= 4 is 14.2 Å². The molecule has 0 radical (unpaired) electrons. The second kappa shape index (κ2) is 6.61. The quantitative estimate of drug-likeness (QED) is 0.780. The van der Waals surface area contributed by atoms with Crippen molar-refractivity contribution in [3.05, 3.63) is 48.0 Å². The fourth-order valence-corrected chi connectivity index (χ4v) is 3.82. The normalized spacial score (nSPS) is 22.5. The molecule has 4 heteroatoms. The fraction of sp³-hybridized carbons (Fsp3) is 0.526. The molecule has 0 saturated heterocycles. The molecule has 23 heavy (non-hydrogen) atoms. The Morgan fingerprint density at radius 1 is 1.17 bits per heavy atom. The van der Waals surface area contributed by atoms with E-state index in [0.29, 0.717) is 0 Å². The maximum Gasteiger partial charge on any atom is 0.246 e. The average Bonchev–Trinajstić information content (AvgIpc) is 2.46. The molecule has 0 aliphatic carbocycles. The maximum absolute atomic E-state index is 12.1. The van der Waals surface area contributed by atoms with E-state index in [1.807, 2.05) is 36.2 Å². The van der Waals surface area contributed by atoms with Crippen LogP contribution in [-0.2, 0) is 15.6 Å². The Morgan fingerprint density at radius 2 is 1.78 bits per heavy atom. The number of carbonyl (C=O) groups excluding carboxylic acids is 1. The molecule has 0 fully saturated rings. The zero-order chi connectivity index (χ0) is 17.3. The van der Waals surface area contributed by atoms with Crippen LogP contribution in [0.25, 0.3) is 0 Å². The lowest BCUT2D eigenvalue weighted by Crippen LogP contribution is -2.54. The van der Waals surface area contributed by atoms with Gasteiger partial charge in [-0.2, -0.15) is 0 Å². The van der Waals surface area contributed by atoms with E-state index in [2.05, 4.69) is 46.0 Å². The lowest BCUT2D eigenvalue weighted by Gasteiger charge is -2.43. The number of rotatable bonds is 4. The summed E-state index contributed by atoms with van der Waals surface area (Å²) in [6.45, 7) is 11.3. The first-order valence-electron chi connectivity index (χ1n) is 8.28. The van der Waals surface area contributed by atoms with Gasteiger partial charge in [0.2, 0.25) is 5.91 Å². The van der Waals surface area contributed by atoms with Gasteiger partial charge in [0.05, 0.1) is 12.1 Å². The van der Waals surface area contributed by atoms with Gasteiger partial charge in [-0.05, 0) is 36.2 Å². The van der Waals surface area contributed by atoms with Crippen molar-refractivity contribution in [2.24, 2.45) is 0 Å². The smallest absolute Gasteiger partial charge is 0.246 e. The number of carbonyl (C=O) groups is 1. The highest BCUT2D eigenvalue weighted by atomic mass is 28.4. The largest absolute Gasteiger partial charge is 0.408 e. The minimum atomic E-state index is -1.89. The molecule has 0 N–H and O–H groups in total. The van der Waals surface area contributed by atoms with E-state index in [4.69, 9.17) is 4.43 Å². The highest BCUT2D eigenvalue weighted by molar-refractivity contribution is 6.74. The van der Waals surface area contributed by atoms with Crippen molar-refractivity contribution in [2.45, 2.75) is 57.5 Å². The van der Waals surface area contributed by atoms with Crippen molar-refractivity contribution < 1.29 is 9.22 Å². The zero-order valence-electron chi connectivity index (χ0n) is 15.2. The van der Waals surface area contributed by atoms with Crippen LogP contribution in [0.15, 0.2) is 42.5 Å². The van der Waals surface area contributed by atoms with E-state index in [1.54, 1.807) is 6.08 Å². The molecule has 1 aliphatic rings. The molecule has 1 aliphatic heterocycles. The second-order valence-electron chi connectivity index (χ2n) is 7.91. The van der Waals surface area contributed by atoms with E-state index in [0.717, 1.165) is 6.42 Å². The Hall–Kier alpha value is -1.39. The average molecular weight is 332 g/mol. The molecule has 126 valence electrons. The van der Waals surface area contributed by atoms with Gasteiger partial charge < -0.3 is 9.33 Å². The van der Waals surface area contributed by atoms with Crippen LogP contribution in [0, 0.1) is 0 Å². The molecule has 3 nitrogen and oxygen atoms in total. The number of hydrogen-bond acceptors (Lipinski definition) is 2. The van der Waals surface area contributed by atoms with Crippen LogP contribution in [0.4, 0.5) is 0 Å². The summed E-state index contributed by atoms with van der Waals surface area (Å²) in [6, 6.07) is 10.4. The number of nitrogens with zero attached hydrogens (tertiary/aromatic N) is 1. The summed E-state index contributed by atoms with van der Waals surface area (Å²) in [4.78, 5) is 13.9. The van der Waals surface area contributed by atoms with E-state index < -0.39 is 8.32 Å².